The maximum absolute atomic E-state index is 12.9. The van der Waals surface area contributed by atoms with Crippen molar-refractivity contribution in [1.29, 1.82) is 0 Å². The number of fused-ring (bicyclic) bond motifs is 1. The molecule has 2 aliphatic rings. The SMILES string of the molecule is O=C1Nc2ccc(C(F)(F)F)cc2C1C1CCCCCC1. The number of benzene rings is 1. The minimum Gasteiger partial charge on any atom is -0.325 e. The van der Waals surface area contributed by atoms with E-state index in [1.165, 1.54) is 6.07 Å². The maximum Gasteiger partial charge on any atom is 0.416 e. The Labute approximate surface area is 121 Å². The zero-order chi connectivity index (χ0) is 15.0. The molecule has 1 unspecified atom stereocenters. The molecule has 1 atom stereocenters. The number of amides is 1. The maximum atomic E-state index is 12.9. The highest BCUT2D eigenvalue weighted by Gasteiger charge is 2.39. The second kappa shape index (κ2) is 5.35. The highest BCUT2D eigenvalue weighted by Crippen LogP contribution is 2.44. The van der Waals surface area contributed by atoms with Crippen LogP contribution in [0.5, 0.6) is 0 Å². The molecule has 1 aliphatic carbocycles. The first kappa shape index (κ1) is 14.4. The van der Waals surface area contributed by atoms with Gasteiger partial charge in [0.05, 0.1) is 11.5 Å². The quantitative estimate of drug-likeness (QED) is 0.747. The van der Waals surface area contributed by atoms with Gasteiger partial charge in [0.1, 0.15) is 0 Å². The number of hydrogen-bond acceptors (Lipinski definition) is 1. The molecule has 1 amide bonds. The Balaban J connectivity index is 1.95. The van der Waals surface area contributed by atoms with Gasteiger partial charge in [-0.2, -0.15) is 13.2 Å². The van der Waals surface area contributed by atoms with Crippen LogP contribution in [-0.4, -0.2) is 5.91 Å². The second-order valence-corrected chi connectivity index (χ2v) is 6.02. The highest BCUT2D eigenvalue weighted by atomic mass is 19.4. The van der Waals surface area contributed by atoms with Crippen LogP contribution in [0.15, 0.2) is 18.2 Å². The number of hydrogen-bond donors (Lipinski definition) is 1. The van der Waals surface area contributed by atoms with E-state index in [9.17, 15) is 18.0 Å². The smallest absolute Gasteiger partial charge is 0.325 e. The van der Waals surface area contributed by atoms with E-state index in [2.05, 4.69) is 5.32 Å². The van der Waals surface area contributed by atoms with Gasteiger partial charge in [0.15, 0.2) is 0 Å². The van der Waals surface area contributed by atoms with Gasteiger partial charge >= 0.3 is 6.18 Å². The van der Waals surface area contributed by atoms with Crippen LogP contribution in [-0.2, 0) is 11.0 Å². The van der Waals surface area contributed by atoms with E-state index in [1.54, 1.807) is 0 Å². The van der Waals surface area contributed by atoms with Crippen LogP contribution in [0.2, 0.25) is 0 Å². The van der Waals surface area contributed by atoms with Crippen LogP contribution >= 0.6 is 0 Å². The van der Waals surface area contributed by atoms with Crippen LogP contribution in [0.4, 0.5) is 18.9 Å². The van der Waals surface area contributed by atoms with Gasteiger partial charge in [-0.05, 0) is 42.5 Å². The average Bonchev–Trinajstić information content (AvgIpc) is 2.60. The van der Waals surface area contributed by atoms with Crippen LogP contribution in [0.25, 0.3) is 0 Å². The minimum atomic E-state index is -4.37. The molecule has 0 saturated heterocycles. The summed E-state index contributed by atoms with van der Waals surface area (Å²) in [6.45, 7) is 0. The van der Waals surface area contributed by atoms with Crippen molar-refractivity contribution in [2.45, 2.75) is 50.6 Å². The van der Waals surface area contributed by atoms with Crippen molar-refractivity contribution in [1.82, 2.24) is 0 Å². The topological polar surface area (TPSA) is 29.1 Å². The Morgan fingerprint density at radius 1 is 1.05 bits per heavy atom. The third-order valence-corrected chi connectivity index (χ3v) is 4.63. The zero-order valence-electron chi connectivity index (χ0n) is 11.7. The van der Waals surface area contributed by atoms with E-state index in [0.717, 1.165) is 50.7 Å². The number of rotatable bonds is 1. The van der Waals surface area contributed by atoms with E-state index in [0.29, 0.717) is 11.3 Å². The third-order valence-electron chi connectivity index (χ3n) is 4.63. The summed E-state index contributed by atoms with van der Waals surface area (Å²) >= 11 is 0. The highest BCUT2D eigenvalue weighted by molar-refractivity contribution is 6.03. The molecule has 0 spiro atoms. The van der Waals surface area contributed by atoms with Crippen molar-refractivity contribution in [2.75, 3.05) is 5.32 Å². The van der Waals surface area contributed by atoms with Gasteiger partial charge in [-0.15, -0.1) is 0 Å². The molecule has 3 rings (SSSR count). The normalized spacial score (nSPS) is 23.6. The molecular weight excluding hydrogens is 279 g/mol. The number of anilines is 1. The molecule has 5 heteroatoms. The molecule has 1 saturated carbocycles. The Morgan fingerprint density at radius 2 is 1.71 bits per heavy atom. The minimum absolute atomic E-state index is 0.142. The number of nitrogens with one attached hydrogen (secondary N) is 1. The first-order chi connectivity index (χ1) is 9.97. The molecule has 1 aromatic rings. The van der Waals surface area contributed by atoms with Crippen molar-refractivity contribution in [2.24, 2.45) is 5.92 Å². The van der Waals surface area contributed by atoms with Crippen molar-refractivity contribution in [3.05, 3.63) is 29.3 Å². The first-order valence-corrected chi connectivity index (χ1v) is 7.49. The second-order valence-electron chi connectivity index (χ2n) is 6.02. The van der Waals surface area contributed by atoms with Crippen molar-refractivity contribution < 1.29 is 18.0 Å². The van der Waals surface area contributed by atoms with Gasteiger partial charge in [-0.3, -0.25) is 4.79 Å². The zero-order valence-corrected chi connectivity index (χ0v) is 11.7. The number of alkyl halides is 3. The lowest BCUT2D eigenvalue weighted by Crippen LogP contribution is -2.20. The largest absolute Gasteiger partial charge is 0.416 e. The van der Waals surface area contributed by atoms with Gasteiger partial charge in [0, 0.05) is 5.69 Å². The first-order valence-electron chi connectivity index (χ1n) is 7.49. The number of halogens is 3. The van der Waals surface area contributed by atoms with Crippen molar-refractivity contribution in [3.63, 3.8) is 0 Å². The summed E-state index contributed by atoms with van der Waals surface area (Å²) in [7, 11) is 0. The summed E-state index contributed by atoms with van der Waals surface area (Å²) in [5, 5.41) is 2.74. The molecule has 0 aromatic heterocycles. The number of carbonyl (C=O) groups excluding carboxylic acids is 1. The Bertz CT molecular complexity index is 545. The Morgan fingerprint density at radius 3 is 2.33 bits per heavy atom. The van der Waals surface area contributed by atoms with Crippen LogP contribution in [0, 0.1) is 5.92 Å². The standard InChI is InChI=1S/C16H18F3NO/c17-16(18,19)11-7-8-13-12(9-11)14(15(21)20-13)10-5-3-1-2-4-6-10/h7-10,14H,1-6H2,(H,20,21). The molecule has 2 nitrogen and oxygen atoms in total. The van der Waals surface area contributed by atoms with E-state index >= 15 is 0 Å². The Hall–Kier alpha value is -1.52. The van der Waals surface area contributed by atoms with E-state index in [4.69, 9.17) is 0 Å². The van der Waals surface area contributed by atoms with E-state index in [1.807, 2.05) is 0 Å². The predicted octanol–water partition coefficient (Wildman–Crippen LogP) is 4.71. The van der Waals surface area contributed by atoms with Gasteiger partial charge in [0.25, 0.3) is 0 Å². The van der Waals surface area contributed by atoms with Gasteiger partial charge in [0.2, 0.25) is 5.91 Å². The monoisotopic (exact) mass is 297 g/mol. The molecule has 1 heterocycles. The lowest BCUT2D eigenvalue weighted by atomic mass is 9.82. The predicted molar refractivity (Wildman–Crippen MR) is 74.0 cm³/mol. The summed E-state index contributed by atoms with van der Waals surface area (Å²) in [5.74, 6) is -0.395. The molecule has 114 valence electrons. The fourth-order valence-electron chi connectivity index (χ4n) is 3.57. The summed E-state index contributed by atoms with van der Waals surface area (Å²) < 4.78 is 38.6. The van der Waals surface area contributed by atoms with Crippen molar-refractivity contribution in [3.8, 4) is 0 Å². The average molecular weight is 297 g/mol. The summed E-state index contributed by atoms with van der Waals surface area (Å²) in [6.07, 6.45) is 1.91. The summed E-state index contributed by atoms with van der Waals surface area (Å²) in [6, 6.07) is 3.57. The molecule has 0 bridgehead atoms. The fraction of sp³-hybridized carbons (Fsp3) is 0.562. The molecule has 1 fully saturated rings. The molecule has 21 heavy (non-hydrogen) atoms. The van der Waals surface area contributed by atoms with E-state index < -0.39 is 17.7 Å². The molecule has 0 radical (unpaired) electrons. The summed E-state index contributed by atoms with van der Waals surface area (Å²) in [4.78, 5) is 12.2. The molecular formula is C16H18F3NO. The lowest BCUT2D eigenvalue weighted by Gasteiger charge is -2.21. The van der Waals surface area contributed by atoms with Crippen molar-refractivity contribution >= 4 is 11.6 Å². The van der Waals surface area contributed by atoms with Gasteiger partial charge in [-0.25, -0.2) is 0 Å². The van der Waals surface area contributed by atoms with E-state index in [-0.39, 0.29) is 11.8 Å². The van der Waals surface area contributed by atoms with Crippen LogP contribution in [0.1, 0.15) is 55.6 Å². The van der Waals surface area contributed by atoms with Gasteiger partial charge in [-0.1, -0.05) is 25.7 Å². The molecule has 1 aromatic carbocycles. The summed E-state index contributed by atoms with van der Waals surface area (Å²) in [5.41, 5.74) is 0.403. The van der Waals surface area contributed by atoms with Gasteiger partial charge < -0.3 is 5.32 Å². The molecule has 1 aliphatic heterocycles. The molecule has 1 N–H and O–H groups in total. The third kappa shape index (κ3) is 2.78. The van der Waals surface area contributed by atoms with Crippen LogP contribution in [0.3, 0.4) is 0 Å². The Kier molecular flexibility index (Phi) is 3.68. The fourth-order valence-corrected chi connectivity index (χ4v) is 3.57. The van der Waals surface area contributed by atoms with Crippen LogP contribution < -0.4 is 5.32 Å². The lowest BCUT2D eigenvalue weighted by molar-refractivity contribution is -0.137. The number of carbonyl (C=O) groups is 1.